The Morgan fingerprint density at radius 1 is 0.641 bits per heavy atom. The monoisotopic (exact) mass is 547 g/mol. The first-order valence-electron chi connectivity index (χ1n) is 12.9. The van der Waals surface area contributed by atoms with E-state index in [9.17, 15) is 9.59 Å². The van der Waals surface area contributed by atoms with E-state index in [-0.39, 0.29) is 22.2 Å². The maximum absolute atomic E-state index is 15.3. The van der Waals surface area contributed by atoms with Crippen LogP contribution in [0.2, 0.25) is 0 Å². The molecule has 0 aromatic heterocycles. The molecule has 0 bridgehead atoms. The van der Waals surface area contributed by atoms with E-state index in [1.54, 1.807) is 24.3 Å². The molecule has 5 nitrogen and oxygen atoms in total. The summed E-state index contributed by atoms with van der Waals surface area (Å²) in [6, 6.07) is 24.5. The minimum atomic E-state index is -3.02. The Labute approximate surface area is 233 Å². The van der Waals surface area contributed by atoms with Gasteiger partial charge in [0.05, 0.1) is 14.2 Å². The van der Waals surface area contributed by atoms with Gasteiger partial charge in [0.2, 0.25) is 0 Å². The molecule has 0 radical (unpaired) electrons. The first-order valence-corrected chi connectivity index (χ1v) is 14.6. The molecule has 0 saturated carbocycles. The molecule has 206 valence electrons. The highest BCUT2D eigenvalue weighted by Crippen LogP contribution is 2.37. The van der Waals surface area contributed by atoms with Crippen molar-refractivity contribution in [2.75, 3.05) is 20.0 Å². The number of carbonyl (C=O) groups is 2. The number of ether oxygens (including phenoxy) is 2. The fourth-order valence-electron chi connectivity index (χ4n) is 4.33. The highest BCUT2D eigenvalue weighted by molar-refractivity contribution is 8.03. The zero-order valence-electron chi connectivity index (χ0n) is 24.2. The number of esters is 2. The van der Waals surface area contributed by atoms with E-state index >= 15 is 4.21 Å². The van der Waals surface area contributed by atoms with Gasteiger partial charge in [-0.05, 0) is 51.8 Å². The molecule has 3 aromatic rings. The second-order valence-corrected chi connectivity index (χ2v) is 14.2. The summed E-state index contributed by atoms with van der Waals surface area (Å²) in [7, 11) is -0.600. The summed E-state index contributed by atoms with van der Waals surface area (Å²) in [5.41, 5.74) is 2.70. The number of methoxy groups -OCH3 is 2. The highest BCUT2D eigenvalue weighted by atomic mass is 32.2. The Morgan fingerprint density at radius 2 is 1.03 bits per heavy atom. The Hall–Kier alpha value is -3.51. The number of carbonyl (C=O) groups excluding carboxylic acids is 2. The van der Waals surface area contributed by atoms with Crippen molar-refractivity contribution in [2.24, 2.45) is 0 Å². The number of benzene rings is 3. The lowest BCUT2D eigenvalue weighted by atomic mass is 9.87. The molecule has 0 unspecified atom stereocenters. The van der Waals surface area contributed by atoms with Gasteiger partial charge in [0.15, 0.2) is 25.3 Å². The Balaban J connectivity index is 2.33. The van der Waals surface area contributed by atoms with Crippen molar-refractivity contribution in [1.82, 2.24) is 0 Å². The van der Waals surface area contributed by atoms with Gasteiger partial charge in [0.25, 0.3) is 0 Å². The molecule has 39 heavy (non-hydrogen) atoms. The van der Waals surface area contributed by atoms with Crippen LogP contribution in [-0.4, -0.2) is 31.9 Å². The van der Waals surface area contributed by atoms with E-state index in [4.69, 9.17) is 9.47 Å². The molecule has 0 atom stereocenters. The van der Waals surface area contributed by atoms with E-state index in [0.717, 1.165) is 11.1 Å². The molecule has 3 aromatic carbocycles. The summed E-state index contributed by atoms with van der Waals surface area (Å²) in [5.74, 6) is -1.78. The van der Waals surface area contributed by atoms with Crippen LogP contribution in [0.4, 0.5) is 0 Å². The van der Waals surface area contributed by atoms with Crippen molar-refractivity contribution in [2.45, 2.75) is 62.2 Å². The molecule has 0 N–H and O–H groups in total. The van der Waals surface area contributed by atoms with Gasteiger partial charge in [-0.1, -0.05) is 100 Å². The van der Waals surface area contributed by atoms with Crippen molar-refractivity contribution in [3.63, 3.8) is 0 Å². The van der Waals surface area contributed by atoms with Crippen LogP contribution < -0.4 is 0 Å². The maximum atomic E-state index is 15.3. The summed E-state index contributed by atoms with van der Waals surface area (Å²) < 4.78 is 25.2. The van der Waals surface area contributed by atoms with Crippen LogP contribution >= 0.6 is 0 Å². The average molecular weight is 548 g/mol. The van der Waals surface area contributed by atoms with Gasteiger partial charge in [-0.3, -0.25) is 0 Å². The third-order valence-electron chi connectivity index (χ3n) is 6.75. The highest BCUT2D eigenvalue weighted by Gasteiger charge is 2.40. The Kier molecular flexibility index (Phi) is 9.01. The van der Waals surface area contributed by atoms with Crippen LogP contribution in [0.1, 0.15) is 58.2 Å². The molecular weight excluding hydrogens is 508 g/mol. The van der Waals surface area contributed by atoms with Crippen molar-refractivity contribution in [1.29, 1.82) is 0 Å². The lowest BCUT2D eigenvalue weighted by molar-refractivity contribution is -0.143. The minimum absolute atomic E-state index is 0.0776. The summed E-state index contributed by atoms with van der Waals surface area (Å²) in [5, 5.41) is 0. The Morgan fingerprint density at radius 3 is 1.36 bits per heavy atom. The van der Waals surface area contributed by atoms with Gasteiger partial charge in [0.1, 0.15) is 5.75 Å². The second kappa shape index (κ2) is 11.7. The molecule has 0 heterocycles. The lowest BCUT2D eigenvalue weighted by Crippen LogP contribution is -2.24. The summed E-state index contributed by atoms with van der Waals surface area (Å²) in [6.45, 7) is 12.7. The van der Waals surface area contributed by atoms with Crippen LogP contribution in [0.15, 0.2) is 94.2 Å². The van der Waals surface area contributed by atoms with Gasteiger partial charge in [0, 0.05) is 5.57 Å². The van der Waals surface area contributed by atoms with Gasteiger partial charge in [-0.15, -0.1) is 0 Å². The van der Waals surface area contributed by atoms with Gasteiger partial charge in [-0.2, -0.15) is 0 Å². The third kappa shape index (κ3) is 6.74. The largest absolute Gasteiger partial charge is 0.465 e. The quantitative estimate of drug-likeness (QED) is 0.105. The zero-order valence-corrected chi connectivity index (χ0v) is 25.0. The average Bonchev–Trinajstić information content (AvgIpc) is 2.91. The lowest BCUT2D eigenvalue weighted by Gasteiger charge is -2.22. The third-order valence-corrected chi connectivity index (χ3v) is 9.52. The fourth-order valence-corrected chi connectivity index (χ4v) is 6.80. The molecule has 0 aliphatic heterocycles. The van der Waals surface area contributed by atoms with Crippen molar-refractivity contribution < 1.29 is 23.3 Å². The van der Waals surface area contributed by atoms with Crippen LogP contribution in [0.25, 0.3) is 5.57 Å². The molecule has 0 spiro atoms. The zero-order chi connectivity index (χ0) is 29.0. The van der Waals surface area contributed by atoms with E-state index < -0.39 is 21.9 Å². The summed E-state index contributed by atoms with van der Waals surface area (Å²) >= 11 is 0. The smallest absolute Gasteiger partial charge is 0.345 e. The SMILES string of the molecule is COC(=O)C(C(=O)OC)=C(C[S+](=O)(c1ccc(C(C)(C)C)cc1)c1ccc(C(C)(C)C)cc1)c1ccccc1. The van der Waals surface area contributed by atoms with Crippen LogP contribution in [-0.2, 0) is 44.0 Å². The van der Waals surface area contributed by atoms with Gasteiger partial charge >= 0.3 is 11.9 Å². The molecule has 3 rings (SSSR count). The van der Waals surface area contributed by atoms with Crippen LogP contribution in [0.5, 0.6) is 0 Å². The van der Waals surface area contributed by atoms with E-state index in [2.05, 4.69) is 41.5 Å². The minimum Gasteiger partial charge on any atom is -0.465 e. The molecule has 0 saturated heterocycles. The van der Waals surface area contributed by atoms with Crippen molar-refractivity contribution >= 4 is 27.4 Å². The molecule has 6 heteroatoms. The summed E-state index contributed by atoms with van der Waals surface area (Å²) in [4.78, 5) is 27.1. The Bertz CT molecular complexity index is 1310. The molecule has 0 fully saturated rings. The predicted molar refractivity (Wildman–Crippen MR) is 157 cm³/mol. The number of hydrogen-bond acceptors (Lipinski definition) is 5. The first kappa shape index (κ1) is 30.0. The van der Waals surface area contributed by atoms with E-state index in [0.29, 0.717) is 20.9 Å². The van der Waals surface area contributed by atoms with Gasteiger partial charge < -0.3 is 9.47 Å². The van der Waals surface area contributed by atoms with Crippen molar-refractivity contribution in [3.05, 3.63) is 101 Å². The summed E-state index contributed by atoms with van der Waals surface area (Å²) in [6.07, 6.45) is 0. The van der Waals surface area contributed by atoms with Crippen LogP contribution in [0, 0.1) is 0 Å². The molecular formula is C33H39O5S+. The second-order valence-electron chi connectivity index (χ2n) is 11.6. The first-order chi connectivity index (χ1) is 18.2. The number of hydrogen-bond donors (Lipinski definition) is 0. The topological polar surface area (TPSA) is 69.7 Å². The number of rotatable bonds is 7. The molecule has 0 amide bonds. The maximum Gasteiger partial charge on any atom is 0.345 e. The van der Waals surface area contributed by atoms with Gasteiger partial charge in [-0.25, -0.2) is 9.59 Å². The fraction of sp³-hybridized carbons (Fsp3) is 0.333. The van der Waals surface area contributed by atoms with Crippen LogP contribution in [0.3, 0.4) is 0 Å². The molecule has 0 aliphatic carbocycles. The normalized spacial score (nSPS) is 12.0. The van der Waals surface area contributed by atoms with E-state index in [1.807, 2.05) is 54.6 Å². The van der Waals surface area contributed by atoms with E-state index in [1.165, 1.54) is 14.2 Å². The van der Waals surface area contributed by atoms with Crippen molar-refractivity contribution in [3.8, 4) is 0 Å². The predicted octanol–water partition coefficient (Wildman–Crippen LogP) is 7.00. The standard InChI is InChI=1S/C33H39O5S/c1-32(2,3)24-14-18-26(19-15-24)39(36,27-20-16-25(17-21-27)33(4,5)6)22-28(23-12-10-9-11-13-23)29(30(34)37-7)31(35)38-8/h9-21H,22H2,1-8H3/q+1. The molecule has 0 aliphatic rings.